The minimum atomic E-state index is 0. The zero-order valence-corrected chi connectivity index (χ0v) is 11.3. The lowest BCUT2D eigenvalue weighted by atomic mass is 10.1. The molecule has 1 aromatic rings. The zero-order valence-electron chi connectivity index (χ0n) is 9.75. The van der Waals surface area contributed by atoms with Crippen LogP contribution in [0.4, 0.5) is 0 Å². The molecule has 16 heavy (non-hydrogen) atoms. The molecule has 0 heterocycles. The van der Waals surface area contributed by atoms with Gasteiger partial charge in [0.2, 0.25) is 0 Å². The van der Waals surface area contributed by atoms with Crippen molar-refractivity contribution in [2.75, 3.05) is 19.7 Å². The number of nitrogens with one attached hydrogen (secondary N) is 1. The molecule has 0 bridgehead atoms. The average Bonchev–Trinajstić information content (AvgIpc) is 2.26. The summed E-state index contributed by atoms with van der Waals surface area (Å²) in [5, 5.41) is 4.02. The van der Waals surface area contributed by atoms with Crippen LogP contribution in [0.15, 0.2) is 18.2 Å². The lowest BCUT2D eigenvalue weighted by Crippen LogP contribution is -2.20. The van der Waals surface area contributed by atoms with E-state index in [0.29, 0.717) is 6.61 Å². The number of hydrogen-bond acceptors (Lipinski definition) is 2. The number of benzene rings is 1. The van der Waals surface area contributed by atoms with E-state index in [4.69, 9.17) is 16.3 Å². The van der Waals surface area contributed by atoms with Crippen molar-refractivity contribution >= 4 is 24.0 Å². The van der Waals surface area contributed by atoms with Gasteiger partial charge in [0.05, 0.1) is 0 Å². The third kappa shape index (κ3) is 5.06. The maximum Gasteiger partial charge on any atom is 0.119 e. The summed E-state index contributed by atoms with van der Waals surface area (Å²) < 4.78 is 5.58. The van der Waals surface area contributed by atoms with E-state index < -0.39 is 0 Å². The first-order chi connectivity index (χ1) is 7.27. The summed E-state index contributed by atoms with van der Waals surface area (Å²) in [6, 6.07) is 5.81. The van der Waals surface area contributed by atoms with E-state index in [1.54, 1.807) is 0 Å². The Morgan fingerprint density at radius 3 is 2.69 bits per heavy atom. The molecule has 4 heteroatoms. The molecular formula is C12H19Cl2NO. The monoisotopic (exact) mass is 263 g/mol. The van der Waals surface area contributed by atoms with E-state index in [1.807, 2.05) is 18.2 Å². The van der Waals surface area contributed by atoms with Crippen LogP contribution in [0.5, 0.6) is 5.75 Å². The van der Waals surface area contributed by atoms with Gasteiger partial charge < -0.3 is 10.1 Å². The maximum absolute atomic E-state index is 6.01. The molecule has 0 aromatic heterocycles. The van der Waals surface area contributed by atoms with Crippen molar-refractivity contribution in [3.8, 4) is 5.75 Å². The lowest BCUT2D eigenvalue weighted by Gasteiger charge is -2.08. The molecule has 0 aliphatic rings. The highest BCUT2D eigenvalue weighted by molar-refractivity contribution is 6.31. The quantitative estimate of drug-likeness (QED) is 0.796. The predicted molar refractivity (Wildman–Crippen MR) is 72.1 cm³/mol. The summed E-state index contributed by atoms with van der Waals surface area (Å²) in [4.78, 5) is 0. The van der Waals surface area contributed by atoms with Crippen molar-refractivity contribution in [1.82, 2.24) is 5.32 Å². The van der Waals surface area contributed by atoms with Crippen molar-refractivity contribution < 1.29 is 4.74 Å². The molecule has 0 fully saturated rings. The molecule has 1 N–H and O–H groups in total. The van der Waals surface area contributed by atoms with Gasteiger partial charge in [-0.05, 0) is 36.7 Å². The van der Waals surface area contributed by atoms with E-state index in [9.17, 15) is 0 Å². The van der Waals surface area contributed by atoms with Crippen LogP contribution < -0.4 is 10.1 Å². The summed E-state index contributed by atoms with van der Waals surface area (Å²) in [5.74, 6) is 0.897. The molecule has 0 amide bonds. The summed E-state index contributed by atoms with van der Waals surface area (Å²) in [6.45, 7) is 6.71. The van der Waals surface area contributed by atoms with Gasteiger partial charge in [0.1, 0.15) is 12.4 Å². The van der Waals surface area contributed by atoms with Crippen molar-refractivity contribution in [1.29, 1.82) is 0 Å². The highest BCUT2D eigenvalue weighted by atomic mass is 35.5. The number of hydrogen-bond donors (Lipinski definition) is 1. The molecule has 0 spiro atoms. The molecule has 0 radical (unpaired) electrons. The van der Waals surface area contributed by atoms with E-state index in [-0.39, 0.29) is 12.4 Å². The number of likely N-dealkylation sites (N-methyl/N-ethyl adjacent to an activating group) is 1. The largest absolute Gasteiger partial charge is 0.492 e. The molecule has 0 unspecified atom stereocenters. The Kier molecular flexibility index (Phi) is 8.44. The van der Waals surface area contributed by atoms with Gasteiger partial charge in [-0.25, -0.2) is 0 Å². The summed E-state index contributed by atoms with van der Waals surface area (Å²) in [7, 11) is 0. The second-order valence-corrected chi connectivity index (χ2v) is 3.72. The van der Waals surface area contributed by atoms with Gasteiger partial charge >= 0.3 is 0 Å². The van der Waals surface area contributed by atoms with Crippen LogP contribution in [0.3, 0.4) is 0 Å². The Morgan fingerprint density at radius 2 is 2.06 bits per heavy atom. The SMILES string of the molecule is CCNCCOc1ccc(Cl)c(CC)c1.Cl. The molecule has 1 rings (SSSR count). The van der Waals surface area contributed by atoms with E-state index in [1.165, 1.54) is 0 Å². The molecule has 0 saturated carbocycles. The normalized spacial score (nSPS) is 9.69. The van der Waals surface area contributed by atoms with E-state index in [0.717, 1.165) is 35.8 Å². The molecule has 0 aliphatic heterocycles. The Hall–Kier alpha value is -0.440. The molecule has 0 aliphatic carbocycles. The van der Waals surface area contributed by atoms with Crippen LogP contribution in [0.2, 0.25) is 5.02 Å². The number of rotatable bonds is 6. The highest BCUT2D eigenvalue weighted by Gasteiger charge is 2.00. The van der Waals surface area contributed by atoms with Crippen LogP contribution in [-0.4, -0.2) is 19.7 Å². The second-order valence-electron chi connectivity index (χ2n) is 3.31. The lowest BCUT2D eigenvalue weighted by molar-refractivity contribution is 0.315. The Bertz CT molecular complexity index is 305. The van der Waals surface area contributed by atoms with Crippen LogP contribution in [0, 0.1) is 0 Å². The van der Waals surface area contributed by atoms with Crippen molar-refractivity contribution in [2.24, 2.45) is 0 Å². The fourth-order valence-corrected chi connectivity index (χ4v) is 1.58. The molecule has 92 valence electrons. The van der Waals surface area contributed by atoms with Crippen LogP contribution in [0.1, 0.15) is 19.4 Å². The maximum atomic E-state index is 6.01. The van der Waals surface area contributed by atoms with Gasteiger partial charge in [-0.2, -0.15) is 0 Å². The van der Waals surface area contributed by atoms with Crippen molar-refractivity contribution in [3.05, 3.63) is 28.8 Å². The summed E-state index contributed by atoms with van der Waals surface area (Å²) in [6.07, 6.45) is 0.934. The number of aryl methyl sites for hydroxylation is 1. The first-order valence-corrected chi connectivity index (χ1v) is 5.77. The van der Waals surface area contributed by atoms with Gasteiger partial charge in [0.25, 0.3) is 0 Å². The molecular weight excluding hydrogens is 245 g/mol. The van der Waals surface area contributed by atoms with Gasteiger partial charge in [-0.1, -0.05) is 25.4 Å². The minimum Gasteiger partial charge on any atom is -0.492 e. The van der Waals surface area contributed by atoms with Gasteiger partial charge in [-0.15, -0.1) is 12.4 Å². The van der Waals surface area contributed by atoms with Crippen LogP contribution in [-0.2, 0) is 6.42 Å². The van der Waals surface area contributed by atoms with Crippen LogP contribution in [0.25, 0.3) is 0 Å². The number of ether oxygens (including phenoxy) is 1. The Balaban J connectivity index is 0.00000225. The first-order valence-electron chi connectivity index (χ1n) is 5.39. The van der Waals surface area contributed by atoms with E-state index in [2.05, 4.69) is 19.2 Å². The fourth-order valence-electron chi connectivity index (χ4n) is 1.33. The highest BCUT2D eigenvalue weighted by Crippen LogP contribution is 2.22. The van der Waals surface area contributed by atoms with Gasteiger partial charge in [0, 0.05) is 11.6 Å². The first kappa shape index (κ1) is 15.6. The van der Waals surface area contributed by atoms with Crippen LogP contribution >= 0.6 is 24.0 Å². The smallest absolute Gasteiger partial charge is 0.119 e. The zero-order chi connectivity index (χ0) is 11.1. The van der Waals surface area contributed by atoms with Gasteiger partial charge in [-0.3, -0.25) is 0 Å². The third-order valence-corrected chi connectivity index (χ3v) is 2.56. The second kappa shape index (κ2) is 8.68. The van der Waals surface area contributed by atoms with Crippen molar-refractivity contribution in [3.63, 3.8) is 0 Å². The molecule has 2 nitrogen and oxygen atoms in total. The Morgan fingerprint density at radius 1 is 1.31 bits per heavy atom. The average molecular weight is 264 g/mol. The molecule has 0 atom stereocenters. The summed E-state index contributed by atoms with van der Waals surface area (Å²) >= 11 is 6.01. The standard InChI is InChI=1S/C12H18ClNO.ClH/c1-3-10-9-11(5-6-12(10)13)15-8-7-14-4-2;/h5-6,9,14H,3-4,7-8H2,1-2H3;1H. The summed E-state index contributed by atoms with van der Waals surface area (Å²) in [5.41, 5.74) is 1.14. The third-order valence-electron chi connectivity index (χ3n) is 2.20. The number of halogens is 2. The topological polar surface area (TPSA) is 21.3 Å². The van der Waals surface area contributed by atoms with E-state index >= 15 is 0 Å². The molecule has 1 aromatic carbocycles. The Labute approximate surface area is 109 Å². The predicted octanol–water partition coefficient (Wildman–Crippen LogP) is 3.31. The van der Waals surface area contributed by atoms with Gasteiger partial charge in [0.15, 0.2) is 0 Å². The minimum absolute atomic E-state index is 0. The fraction of sp³-hybridized carbons (Fsp3) is 0.500. The molecule has 0 saturated heterocycles. The van der Waals surface area contributed by atoms with Crippen molar-refractivity contribution in [2.45, 2.75) is 20.3 Å².